The van der Waals surface area contributed by atoms with Crippen LogP contribution in [0.2, 0.25) is 0 Å². The van der Waals surface area contributed by atoms with E-state index in [1.807, 2.05) is 36.4 Å². The van der Waals surface area contributed by atoms with Crippen LogP contribution in [0.15, 0.2) is 127 Å². The first kappa shape index (κ1) is 98.5. The van der Waals surface area contributed by atoms with Gasteiger partial charge >= 0.3 is 81.7 Å². The van der Waals surface area contributed by atoms with E-state index >= 15 is 0 Å². The van der Waals surface area contributed by atoms with E-state index in [-0.39, 0.29) is 97.6 Å². The zero-order chi connectivity index (χ0) is 74.0. The number of hydrogen-bond donors (Lipinski definition) is 0. The molecule has 0 unspecified atom stereocenters. The molecule has 2 radical (unpaired) electrons. The standard InChI is InChI=1S/3C30H47O3P.2Nd/c3*1-3-5-7-9-11-13-15-20-26-21-17-18-22-27(26)28-24-19-25-30(34(31,32)33)29(28)23-16-14-12-10-8-6-4-2;;/h3*17-19,21-22,24-25H,3-16,20,23H2,1-2H3,(H2,31,32,33);;/q;;;2*+3/p-6. The Morgan fingerprint density at radius 3 is 0.558 bits per heavy atom. The van der Waals surface area contributed by atoms with Crippen molar-refractivity contribution in [2.75, 3.05) is 0 Å². The van der Waals surface area contributed by atoms with Crippen molar-refractivity contribution in [2.24, 2.45) is 0 Å². The molecule has 0 amide bonds. The number of benzene rings is 6. The summed E-state index contributed by atoms with van der Waals surface area (Å²) >= 11 is 0. The van der Waals surface area contributed by atoms with E-state index in [2.05, 4.69) is 96.1 Å². The van der Waals surface area contributed by atoms with E-state index in [0.717, 1.165) is 127 Å². The molecule has 0 N–H and O–H groups in total. The SMILES string of the molecule is CCCCCCCCCc1ccccc1-c1cccc(P(=O)([O-])[O-])c1CCCCCCCCC.CCCCCCCCCc1ccccc1-c1cccc(P(=O)([O-])[O-])c1CCCCCCCCC.CCCCCCCCCc1ccccc1-c1cccc(P(=O)([O-])[O-])c1CCCCCCCCC.[Nd+3].[Nd+3]. The minimum absolute atomic E-state index is 0. The van der Waals surface area contributed by atoms with Crippen LogP contribution in [-0.2, 0) is 52.2 Å². The van der Waals surface area contributed by atoms with Gasteiger partial charge in [0, 0.05) is 0 Å². The van der Waals surface area contributed by atoms with Gasteiger partial charge in [-0.3, -0.25) is 0 Å². The van der Waals surface area contributed by atoms with Gasteiger partial charge in [0.15, 0.2) is 0 Å². The quantitative estimate of drug-likeness (QED) is 0.0264. The fourth-order valence-corrected chi connectivity index (χ4v) is 17.1. The van der Waals surface area contributed by atoms with Crippen molar-refractivity contribution in [3.05, 3.63) is 161 Å². The third-order valence-electron chi connectivity index (χ3n) is 20.5. The molecule has 0 aliphatic heterocycles. The number of rotatable bonds is 54. The molecule has 0 bridgehead atoms. The van der Waals surface area contributed by atoms with Crippen molar-refractivity contribution in [3.63, 3.8) is 0 Å². The molecule has 0 spiro atoms. The molecule has 0 heterocycles. The summed E-state index contributed by atoms with van der Waals surface area (Å²) in [7, 11) is -14.5. The second-order valence-electron chi connectivity index (χ2n) is 29.1. The van der Waals surface area contributed by atoms with Gasteiger partial charge in [-0.1, -0.05) is 400 Å². The largest absolute Gasteiger partial charge is 3.00 e. The first-order chi connectivity index (χ1) is 49.5. The van der Waals surface area contributed by atoms with E-state index in [1.54, 1.807) is 18.2 Å². The van der Waals surface area contributed by atoms with Crippen molar-refractivity contribution >= 4 is 38.7 Å². The molecule has 0 fully saturated rings. The normalized spacial score (nSPS) is 11.5. The maximum Gasteiger partial charge on any atom is 3.00 e. The van der Waals surface area contributed by atoms with Crippen LogP contribution in [0.3, 0.4) is 0 Å². The molecule has 0 aromatic heterocycles. The Morgan fingerprint density at radius 2 is 0.365 bits per heavy atom. The van der Waals surface area contributed by atoms with Crippen LogP contribution in [-0.4, -0.2) is 0 Å². The van der Waals surface area contributed by atoms with Gasteiger partial charge in [0.25, 0.3) is 0 Å². The van der Waals surface area contributed by atoms with Gasteiger partial charge in [0.1, 0.15) is 0 Å². The number of unbranched alkanes of at least 4 members (excludes halogenated alkanes) is 36. The Morgan fingerprint density at radius 1 is 0.202 bits per heavy atom. The topological polar surface area (TPSA) is 190 Å². The molecule has 0 aliphatic carbocycles. The molecule has 0 aliphatic rings. The summed E-state index contributed by atoms with van der Waals surface area (Å²) in [5.74, 6) is 0. The number of hydrogen-bond acceptors (Lipinski definition) is 9. The fraction of sp³-hybridized carbons (Fsp3) is 0.600. The summed E-state index contributed by atoms with van der Waals surface area (Å²) in [6, 6.07) is 40.6. The molecule has 572 valence electrons. The summed E-state index contributed by atoms with van der Waals surface area (Å²) in [6.07, 6.45) is 55.9. The summed E-state index contributed by atoms with van der Waals surface area (Å²) in [5.41, 5.74) is 11.9. The fourth-order valence-electron chi connectivity index (χ4n) is 14.6. The van der Waals surface area contributed by atoms with Crippen LogP contribution in [0, 0.1) is 81.7 Å². The van der Waals surface area contributed by atoms with Crippen LogP contribution >= 0.6 is 22.8 Å². The summed E-state index contributed by atoms with van der Waals surface area (Å²) < 4.78 is 36.4. The van der Waals surface area contributed by atoms with E-state index < -0.39 is 22.8 Å². The van der Waals surface area contributed by atoms with Crippen molar-refractivity contribution in [1.29, 1.82) is 0 Å². The van der Waals surface area contributed by atoms with Crippen molar-refractivity contribution < 1.29 is 125 Å². The van der Waals surface area contributed by atoms with Crippen LogP contribution in [0.25, 0.3) is 33.4 Å². The Balaban J connectivity index is 0.000000525. The minimum Gasteiger partial charge on any atom is -0.807 e. The van der Waals surface area contributed by atoms with E-state index in [0.29, 0.717) is 19.3 Å². The van der Waals surface area contributed by atoms with E-state index in [1.165, 1.54) is 247 Å². The Bertz CT molecular complexity index is 2970. The molecule has 0 saturated carbocycles. The molecule has 14 heteroatoms. The van der Waals surface area contributed by atoms with Crippen molar-refractivity contribution in [3.8, 4) is 33.4 Å². The molecular weight excluding hydrogens is 1610 g/mol. The van der Waals surface area contributed by atoms with Crippen molar-refractivity contribution in [1.82, 2.24) is 0 Å². The zero-order valence-electron chi connectivity index (χ0n) is 65.6. The van der Waals surface area contributed by atoms with Gasteiger partial charge in [-0.05, 0) is 183 Å². The van der Waals surface area contributed by atoms with Gasteiger partial charge in [0.05, 0.1) is 0 Å². The predicted molar refractivity (Wildman–Crippen MR) is 428 cm³/mol. The minimum atomic E-state index is -4.83. The summed E-state index contributed by atoms with van der Waals surface area (Å²) in [4.78, 5) is 72.7. The van der Waals surface area contributed by atoms with Crippen LogP contribution in [0.4, 0.5) is 0 Å². The third kappa shape index (κ3) is 40.1. The zero-order valence-corrected chi connectivity index (χ0v) is 74.7. The van der Waals surface area contributed by atoms with Crippen LogP contribution in [0.5, 0.6) is 0 Å². The van der Waals surface area contributed by atoms with Crippen LogP contribution in [0.1, 0.15) is 345 Å². The molecule has 104 heavy (non-hydrogen) atoms. The molecule has 6 aromatic rings. The predicted octanol–water partition coefficient (Wildman–Crippen LogP) is 22.4. The second-order valence-corrected chi connectivity index (χ2v) is 33.5. The van der Waals surface area contributed by atoms with E-state index in [4.69, 9.17) is 0 Å². The molecule has 9 nitrogen and oxygen atoms in total. The smallest absolute Gasteiger partial charge is 0.807 e. The molecule has 0 atom stereocenters. The molecule has 6 aromatic carbocycles. The van der Waals surface area contributed by atoms with Gasteiger partial charge < -0.3 is 43.1 Å². The van der Waals surface area contributed by atoms with Crippen molar-refractivity contribution in [2.45, 2.75) is 350 Å². The summed E-state index contributed by atoms with van der Waals surface area (Å²) in [5, 5.41) is -0.0369. The Hall–Kier alpha value is -1.53. The van der Waals surface area contributed by atoms with Gasteiger partial charge in [-0.15, -0.1) is 0 Å². The first-order valence-electron chi connectivity index (χ1n) is 41.1. The van der Waals surface area contributed by atoms with Gasteiger partial charge in [-0.25, -0.2) is 0 Å². The maximum atomic E-state index is 12.1. The summed E-state index contributed by atoms with van der Waals surface area (Å²) in [6.45, 7) is 13.4. The van der Waals surface area contributed by atoms with Crippen LogP contribution < -0.4 is 45.3 Å². The van der Waals surface area contributed by atoms with Gasteiger partial charge in [-0.2, -0.15) is 0 Å². The monoisotopic (exact) mass is 1740 g/mol. The molecule has 0 saturated heterocycles. The molecular formula is C90H135Nd2O9P3. The second kappa shape index (κ2) is 60.2. The Labute approximate surface area is 700 Å². The number of aryl methyl sites for hydroxylation is 3. The first-order valence-corrected chi connectivity index (χ1v) is 45.8. The maximum absolute atomic E-state index is 12.1. The average Bonchev–Trinajstić information content (AvgIpc) is 0.802. The van der Waals surface area contributed by atoms with Gasteiger partial charge in [0.2, 0.25) is 0 Å². The van der Waals surface area contributed by atoms with E-state index in [9.17, 15) is 43.1 Å². The Kier molecular flexibility index (Phi) is 57.0. The molecule has 6 rings (SSSR count). The average molecular weight is 1740 g/mol. The third-order valence-corrected chi connectivity index (χ3v) is 23.5.